The van der Waals surface area contributed by atoms with Crippen LogP contribution in [0, 0.1) is 11.7 Å². The Morgan fingerprint density at radius 1 is 1.47 bits per heavy atom. The van der Waals surface area contributed by atoms with Gasteiger partial charge in [-0.25, -0.2) is 4.39 Å². The number of likely N-dealkylation sites (N-methyl/N-ethyl adjacent to an activating group) is 1. The van der Waals surface area contributed by atoms with Crippen LogP contribution in [0.3, 0.4) is 0 Å². The summed E-state index contributed by atoms with van der Waals surface area (Å²) in [5, 5.41) is 3.24. The third-order valence-electron chi connectivity index (χ3n) is 3.47. The molecule has 4 heteroatoms. The van der Waals surface area contributed by atoms with E-state index >= 15 is 0 Å². The minimum Gasteiger partial charge on any atom is -0.384 e. The largest absolute Gasteiger partial charge is 0.384 e. The first-order valence-corrected chi connectivity index (χ1v) is 7.00. The van der Waals surface area contributed by atoms with Crippen LogP contribution in [0.1, 0.15) is 12.8 Å². The molecule has 1 heterocycles. The quantitative estimate of drug-likeness (QED) is 0.856. The number of anilines is 1. The molecule has 1 aromatic carbocycles. The molecule has 1 N–H and O–H groups in total. The molecule has 0 spiro atoms. The first-order valence-electron chi connectivity index (χ1n) is 7.00. The first-order chi connectivity index (χ1) is 9.24. The Bertz CT molecular complexity index is 380. The number of hydrogen-bond donors (Lipinski definition) is 1. The average Bonchev–Trinajstić information content (AvgIpc) is 2.40. The smallest absolute Gasteiger partial charge is 0.125 e. The zero-order valence-corrected chi connectivity index (χ0v) is 11.6. The molecule has 1 aromatic rings. The minimum atomic E-state index is -0.197. The van der Waals surface area contributed by atoms with Crippen LogP contribution in [0.15, 0.2) is 24.3 Å². The lowest BCUT2D eigenvalue weighted by Crippen LogP contribution is -2.33. The highest BCUT2D eigenvalue weighted by molar-refractivity contribution is 5.42. The fourth-order valence-corrected chi connectivity index (χ4v) is 2.47. The lowest BCUT2D eigenvalue weighted by Gasteiger charge is -2.27. The third kappa shape index (κ3) is 5.17. The van der Waals surface area contributed by atoms with Gasteiger partial charge in [0.05, 0.1) is 6.61 Å². The molecule has 0 aliphatic carbocycles. The highest BCUT2D eigenvalue weighted by atomic mass is 19.1. The van der Waals surface area contributed by atoms with Crippen molar-refractivity contribution >= 4 is 5.69 Å². The number of halogens is 1. The third-order valence-corrected chi connectivity index (χ3v) is 3.47. The first kappa shape index (κ1) is 14.3. The fraction of sp³-hybridized carbons (Fsp3) is 0.600. The molecule has 1 unspecified atom stereocenters. The number of benzene rings is 1. The van der Waals surface area contributed by atoms with Gasteiger partial charge >= 0.3 is 0 Å². The summed E-state index contributed by atoms with van der Waals surface area (Å²) in [7, 11) is 2.13. The second-order valence-corrected chi connectivity index (χ2v) is 5.28. The molecule has 1 fully saturated rings. The molecule has 0 saturated carbocycles. The number of nitrogens with zero attached hydrogens (tertiary/aromatic N) is 1. The summed E-state index contributed by atoms with van der Waals surface area (Å²) in [6.07, 6.45) is 2.45. The van der Waals surface area contributed by atoms with Gasteiger partial charge in [-0.3, -0.25) is 0 Å². The van der Waals surface area contributed by atoms with Gasteiger partial charge in [0.15, 0.2) is 0 Å². The molecular weight excluding hydrogens is 243 g/mol. The Morgan fingerprint density at radius 2 is 2.37 bits per heavy atom. The summed E-state index contributed by atoms with van der Waals surface area (Å²) >= 11 is 0. The van der Waals surface area contributed by atoms with Gasteiger partial charge in [-0.05, 0) is 44.0 Å². The highest BCUT2D eigenvalue weighted by Crippen LogP contribution is 2.14. The maximum atomic E-state index is 13.0. The predicted molar refractivity (Wildman–Crippen MR) is 75.9 cm³/mol. The summed E-state index contributed by atoms with van der Waals surface area (Å²) < 4.78 is 18.5. The van der Waals surface area contributed by atoms with Gasteiger partial charge in [0.2, 0.25) is 0 Å². The second kappa shape index (κ2) is 7.46. The molecule has 106 valence electrons. The van der Waals surface area contributed by atoms with Crippen molar-refractivity contribution in [2.75, 3.05) is 45.2 Å². The van der Waals surface area contributed by atoms with Crippen LogP contribution in [0.25, 0.3) is 0 Å². The van der Waals surface area contributed by atoms with Crippen LogP contribution in [0.2, 0.25) is 0 Å². The van der Waals surface area contributed by atoms with E-state index in [1.54, 1.807) is 6.07 Å². The lowest BCUT2D eigenvalue weighted by atomic mass is 10.0. The number of ether oxygens (including phenoxy) is 1. The maximum absolute atomic E-state index is 13.0. The molecular formula is C15H23FN2O. The van der Waals surface area contributed by atoms with Gasteiger partial charge in [-0.1, -0.05) is 6.07 Å². The van der Waals surface area contributed by atoms with Crippen LogP contribution >= 0.6 is 0 Å². The van der Waals surface area contributed by atoms with Crippen LogP contribution in [-0.2, 0) is 4.74 Å². The van der Waals surface area contributed by atoms with Gasteiger partial charge in [0.25, 0.3) is 0 Å². The van der Waals surface area contributed by atoms with Crippen molar-refractivity contribution in [3.05, 3.63) is 30.1 Å². The van der Waals surface area contributed by atoms with Gasteiger partial charge in [0.1, 0.15) is 5.82 Å². The number of rotatable bonds is 6. The molecule has 1 aliphatic heterocycles. The van der Waals surface area contributed by atoms with Gasteiger partial charge in [0, 0.05) is 31.9 Å². The van der Waals surface area contributed by atoms with E-state index in [2.05, 4.69) is 17.3 Å². The Balaban J connectivity index is 1.64. The molecule has 1 saturated heterocycles. The second-order valence-electron chi connectivity index (χ2n) is 5.28. The van der Waals surface area contributed by atoms with E-state index in [0.29, 0.717) is 5.92 Å². The van der Waals surface area contributed by atoms with Gasteiger partial charge in [-0.15, -0.1) is 0 Å². The Labute approximate surface area is 114 Å². The standard InChI is InChI=1S/C15H23FN2O/c1-18(11-13-4-3-9-19-12-13)8-7-17-15-6-2-5-14(16)10-15/h2,5-6,10,13,17H,3-4,7-9,11-12H2,1H3. The summed E-state index contributed by atoms with van der Waals surface area (Å²) in [5.41, 5.74) is 0.842. The number of hydrogen-bond acceptors (Lipinski definition) is 3. The van der Waals surface area contributed by atoms with Gasteiger partial charge in [-0.2, -0.15) is 0 Å². The molecule has 0 aromatic heterocycles. The fourth-order valence-electron chi connectivity index (χ4n) is 2.47. The summed E-state index contributed by atoms with van der Waals surface area (Å²) in [5.74, 6) is 0.464. The maximum Gasteiger partial charge on any atom is 0.125 e. The summed E-state index contributed by atoms with van der Waals surface area (Å²) in [6.45, 7) is 4.66. The van der Waals surface area contributed by atoms with Gasteiger partial charge < -0.3 is 15.0 Å². The van der Waals surface area contributed by atoms with E-state index in [9.17, 15) is 4.39 Å². The van der Waals surface area contributed by atoms with E-state index in [-0.39, 0.29) is 5.82 Å². The lowest BCUT2D eigenvalue weighted by molar-refractivity contribution is 0.0425. The Kier molecular flexibility index (Phi) is 5.61. The molecule has 1 aliphatic rings. The van der Waals surface area contributed by atoms with Crippen molar-refractivity contribution in [2.24, 2.45) is 5.92 Å². The van der Waals surface area contributed by atoms with Crippen molar-refractivity contribution in [3.8, 4) is 0 Å². The Hall–Kier alpha value is -1.13. The molecule has 2 rings (SSSR count). The van der Waals surface area contributed by atoms with Crippen LogP contribution in [-0.4, -0.2) is 44.8 Å². The van der Waals surface area contributed by atoms with Crippen molar-refractivity contribution < 1.29 is 9.13 Å². The van der Waals surface area contributed by atoms with Crippen molar-refractivity contribution in [2.45, 2.75) is 12.8 Å². The topological polar surface area (TPSA) is 24.5 Å². The van der Waals surface area contributed by atoms with Crippen LogP contribution < -0.4 is 5.32 Å². The Morgan fingerprint density at radius 3 is 3.11 bits per heavy atom. The number of nitrogens with one attached hydrogen (secondary N) is 1. The van der Waals surface area contributed by atoms with Crippen LogP contribution in [0.5, 0.6) is 0 Å². The normalized spacial score (nSPS) is 19.6. The predicted octanol–water partition coefficient (Wildman–Crippen LogP) is 2.60. The van der Waals surface area contributed by atoms with E-state index in [0.717, 1.165) is 38.5 Å². The SMILES string of the molecule is CN(CCNc1cccc(F)c1)CC1CCCOC1. The monoisotopic (exact) mass is 266 g/mol. The molecule has 19 heavy (non-hydrogen) atoms. The molecule has 1 atom stereocenters. The van der Waals surface area contributed by atoms with E-state index in [1.165, 1.54) is 25.0 Å². The van der Waals surface area contributed by atoms with Crippen molar-refractivity contribution in [1.29, 1.82) is 0 Å². The van der Waals surface area contributed by atoms with Crippen molar-refractivity contribution in [3.63, 3.8) is 0 Å². The summed E-state index contributed by atoms with van der Waals surface area (Å²) in [6, 6.07) is 6.59. The van der Waals surface area contributed by atoms with E-state index < -0.39 is 0 Å². The van der Waals surface area contributed by atoms with E-state index in [4.69, 9.17) is 4.74 Å². The minimum absolute atomic E-state index is 0.197. The highest BCUT2D eigenvalue weighted by Gasteiger charge is 2.15. The average molecular weight is 266 g/mol. The molecule has 0 amide bonds. The molecule has 0 radical (unpaired) electrons. The van der Waals surface area contributed by atoms with Crippen LogP contribution in [0.4, 0.5) is 10.1 Å². The zero-order chi connectivity index (χ0) is 13.5. The zero-order valence-electron chi connectivity index (χ0n) is 11.6. The van der Waals surface area contributed by atoms with Crippen molar-refractivity contribution in [1.82, 2.24) is 4.90 Å². The van der Waals surface area contributed by atoms with E-state index in [1.807, 2.05) is 6.07 Å². The summed E-state index contributed by atoms with van der Waals surface area (Å²) in [4.78, 5) is 2.31. The molecule has 3 nitrogen and oxygen atoms in total. The molecule has 0 bridgehead atoms.